The minimum atomic E-state index is -1.04. The highest BCUT2D eigenvalue weighted by Gasteiger charge is 2.19. The van der Waals surface area contributed by atoms with Crippen LogP contribution in [0.15, 0.2) is 11.4 Å². The smallest absolute Gasteiger partial charge is 0.323 e. The Morgan fingerprint density at radius 3 is 2.80 bits per heavy atom. The molecule has 0 fully saturated rings. The number of hydrogen-bond acceptors (Lipinski definition) is 4. The molecule has 0 bridgehead atoms. The van der Waals surface area contributed by atoms with Crippen molar-refractivity contribution in [3.8, 4) is 5.75 Å². The molecule has 0 radical (unpaired) electrons. The molecule has 0 saturated carbocycles. The Kier molecular flexibility index (Phi) is 3.68. The standard InChI is InChI=1S/C9H11NO4S/c1-10(5-7(11)12)9(13)8-6(14-2)3-4-15-8/h3-4H,5H2,1-2H3,(H,11,12). The van der Waals surface area contributed by atoms with E-state index in [1.54, 1.807) is 11.4 Å². The summed E-state index contributed by atoms with van der Waals surface area (Å²) in [6, 6.07) is 1.67. The minimum absolute atomic E-state index is 0.320. The summed E-state index contributed by atoms with van der Waals surface area (Å²) in [5.41, 5.74) is 0. The second kappa shape index (κ2) is 4.79. The van der Waals surface area contributed by atoms with Gasteiger partial charge in [0.25, 0.3) is 5.91 Å². The van der Waals surface area contributed by atoms with Gasteiger partial charge in [0.15, 0.2) is 0 Å². The quantitative estimate of drug-likeness (QED) is 0.833. The van der Waals surface area contributed by atoms with Gasteiger partial charge < -0.3 is 14.7 Å². The minimum Gasteiger partial charge on any atom is -0.495 e. The first kappa shape index (κ1) is 11.5. The Balaban J connectivity index is 2.80. The van der Waals surface area contributed by atoms with Crippen molar-refractivity contribution in [3.05, 3.63) is 16.3 Å². The molecule has 1 heterocycles. The Hall–Kier alpha value is -1.56. The third-order valence-electron chi connectivity index (χ3n) is 1.76. The molecule has 0 aliphatic heterocycles. The largest absolute Gasteiger partial charge is 0.495 e. The lowest BCUT2D eigenvalue weighted by molar-refractivity contribution is -0.137. The summed E-state index contributed by atoms with van der Waals surface area (Å²) >= 11 is 1.23. The third kappa shape index (κ3) is 2.69. The Morgan fingerprint density at radius 1 is 1.60 bits per heavy atom. The van der Waals surface area contributed by atoms with Crippen molar-refractivity contribution in [2.24, 2.45) is 0 Å². The fourth-order valence-electron chi connectivity index (χ4n) is 1.06. The molecule has 82 valence electrons. The number of nitrogens with zero attached hydrogens (tertiary/aromatic N) is 1. The molecule has 15 heavy (non-hydrogen) atoms. The molecule has 0 aliphatic carbocycles. The first-order valence-electron chi connectivity index (χ1n) is 4.15. The Labute approximate surface area is 90.9 Å². The van der Waals surface area contributed by atoms with Gasteiger partial charge in [0.2, 0.25) is 0 Å². The highest BCUT2D eigenvalue weighted by molar-refractivity contribution is 7.12. The fourth-order valence-corrected chi connectivity index (χ4v) is 1.91. The molecule has 6 heteroatoms. The summed E-state index contributed by atoms with van der Waals surface area (Å²) in [7, 11) is 2.91. The zero-order valence-electron chi connectivity index (χ0n) is 8.39. The van der Waals surface area contributed by atoms with Crippen LogP contribution in [-0.2, 0) is 4.79 Å². The van der Waals surface area contributed by atoms with Gasteiger partial charge in [-0.3, -0.25) is 9.59 Å². The van der Waals surface area contributed by atoms with Gasteiger partial charge in [0, 0.05) is 7.05 Å². The molecular weight excluding hydrogens is 218 g/mol. The average molecular weight is 229 g/mol. The highest BCUT2D eigenvalue weighted by atomic mass is 32.1. The second-order valence-corrected chi connectivity index (χ2v) is 3.79. The molecule has 1 aromatic rings. The van der Waals surface area contributed by atoms with E-state index in [-0.39, 0.29) is 12.5 Å². The number of ether oxygens (including phenoxy) is 1. The fraction of sp³-hybridized carbons (Fsp3) is 0.333. The van der Waals surface area contributed by atoms with E-state index in [1.165, 1.54) is 25.5 Å². The predicted octanol–water partition coefficient (Wildman–Crippen LogP) is 0.913. The first-order valence-corrected chi connectivity index (χ1v) is 5.03. The summed E-state index contributed by atoms with van der Waals surface area (Å²) in [5, 5.41) is 10.3. The van der Waals surface area contributed by atoms with E-state index in [4.69, 9.17) is 9.84 Å². The Bertz CT molecular complexity index is 374. The summed E-state index contributed by atoms with van der Waals surface area (Å²) < 4.78 is 4.98. The van der Waals surface area contributed by atoms with E-state index in [9.17, 15) is 9.59 Å². The number of likely N-dealkylation sites (N-methyl/N-ethyl adjacent to an activating group) is 1. The lowest BCUT2D eigenvalue weighted by Crippen LogP contribution is -2.31. The van der Waals surface area contributed by atoms with Crippen molar-refractivity contribution in [1.29, 1.82) is 0 Å². The van der Waals surface area contributed by atoms with Crippen LogP contribution in [0, 0.1) is 0 Å². The first-order chi connectivity index (χ1) is 7.06. The molecule has 0 unspecified atom stereocenters. The number of methoxy groups -OCH3 is 1. The summed E-state index contributed by atoms with van der Waals surface area (Å²) in [5.74, 6) is -0.909. The van der Waals surface area contributed by atoms with Gasteiger partial charge in [-0.2, -0.15) is 0 Å². The van der Waals surface area contributed by atoms with E-state index in [0.717, 1.165) is 4.90 Å². The Morgan fingerprint density at radius 2 is 2.27 bits per heavy atom. The van der Waals surface area contributed by atoms with Crippen LogP contribution in [0.2, 0.25) is 0 Å². The average Bonchev–Trinajstić information content (AvgIpc) is 2.62. The van der Waals surface area contributed by atoms with Crippen molar-refractivity contribution in [3.63, 3.8) is 0 Å². The van der Waals surface area contributed by atoms with E-state index in [0.29, 0.717) is 10.6 Å². The number of thiophene rings is 1. The highest BCUT2D eigenvalue weighted by Crippen LogP contribution is 2.25. The van der Waals surface area contributed by atoms with E-state index < -0.39 is 5.97 Å². The topological polar surface area (TPSA) is 66.8 Å². The van der Waals surface area contributed by atoms with Gasteiger partial charge in [-0.1, -0.05) is 0 Å². The number of carboxylic acids is 1. The zero-order chi connectivity index (χ0) is 11.4. The predicted molar refractivity (Wildman–Crippen MR) is 55.5 cm³/mol. The van der Waals surface area contributed by atoms with Gasteiger partial charge in [0.05, 0.1) is 7.11 Å². The van der Waals surface area contributed by atoms with Gasteiger partial charge in [0.1, 0.15) is 17.2 Å². The van der Waals surface area contributed by atoms with Gasteiger partial charge in [-0.05, 0) is 11.4 Å². The molecule has 5 nitrogen and oxygen atoms in total. The van der Waals surface area contributed by atoms with Crippen LogP contribution in [0.3, 0.4) is 0 Å². The number of carbonyl (C=O) groups excluding carboxylic acids is 1. The molecule has 1 N–H and O–H groups in total. The molecule has 0 saturated heterocycles. The molecular formula is C9H11NO4S. The normalized spacial score (nSPS) is 9.73. The van der Waals surface area contributed by atoms with Crippen molar-refractivity contribution >= 4 is 23.2 Å². The number of aliphatic carboxylic acids is 1. The molecule has 0 atom stereocenters. The van der Waals surface area contributed by atoms with Crippen LogP contribution >= 0.6 is 11.3 Å². The maximum atomic E-state index is 11.7. The number of rotatable bonds is 4. The maximum Gasteiger partial charge on any atom is 0.323 e. The molecule has 1 rings (SSSR count). The van der Waals surface area contributed by atoms with Gasteiger partial charge in [-0.25, -0.2) is 0 Å². The van der Waals surface area contributed by atoms with Crippen LogP contribution < -0.4 is 4.74 Å². The van der Waals surface area contributed by atoms with Crippen LogP contribution in [0.25, 0.3) is 0 Å². The van der Waals surface area contributed by atoms with Crippen LogP contribution in [-0.4, -0.2) is 42.6 Å². The van der Waals surface area contributed by atoms with Crippen molar-refractivity contribution in [2.75, 3.05) is 20.7 Å². The maximum absolute atomic E-state index is 11.7. The molecule has 0 aliphatic rings. The van der Waals surface area contributed by atoms with Crippen LogP contribution in [0.1, 0.15) is 9.67 Å². The number of hydrogen-bond donors (Lipinski definition) is 1. The number of carboxylic acid groups (broad SMARTS) is 1. The third-order valence-corrected chi connectivity index (χ3v) is 2.65. The molecule has 0 aromatic carbocycles. The number of amides is 1. The van der Waals surface area contributed by atoms with E-state index in [2.05, 4.69) is 0 Å². The number of carbonyl (C=O) groups is 2. The van der Waals surface area contributed by atoms with Crippen molar-refractivity contribution < 1.29 is 19.4 Å². The molecule has 0 spiro atoms. The van der Waals surface area contributed by atoms with Crippen LogP contribution in [0.5, 0.6) is 5.75 Å². The zero-order valence-corrected chi connectivity index (χ0v) is 9.21. The van der Waals surface area contributed by atoms with Gasteiger partial charge >= 0.3 is 5.97 Å². The monoisotopic (exact) mass is 229 g/mol. The lowest BCUT2D eigenvalue weighted by atomic mass is 10.4. The second-order valence-electron chi connectivity index (χ2n) is 2.87. The van der Waals surface area contributed by atoms with E-state index in [1.807, 2.05) is 0 Å². The SMILES string of the molecule is COc1ccsc1C(=O)N(C)CC(=O)O. The lowest BCUT2D eigenvalue weighted by Gasteiger charge is -2.13. The molecule has 1 aromatic heterocycles. The summed E-state index contributed by atoms with van der Waals surface area (Å²) in [6.07, 6.45) is 0. The van der Waals surface area contributed by atoms with E-state index >= 15 is 0 Å². The van der Waals surface area contributed by atoms with Crippen molar-refractivity contribution in [2.45, 2.75) is 0 Å². The molecule has 1 amide bonds. The van der Waals surface area contributed by atoms with Crippen molar-refractivity contribution in [1.82, 2.24) is 4.90 Å². The van der Waals surface area contributed by atoms with Gasteiger partial charge in [-0.15, -0.1) is 11.3 Å². The summed E-state index contributed by atoms with van der Waals surface area (Å²) in [4.78, 5) is 23.7. The summed E-state index contributed by atoms with van der Waals surface area (Å²) in [6.45, 7) is -0.320. The van der Waals surface area contributed by atoms with Crippen LogP contribution in [0.4, 0.5) is 0 Å².